The molecule has 0 saturated carbocycles. The van der Waals surface area contributed by atoms with Gasteiger partial charge in [-0.3, -0.25) is 0 Å². The zero-order chi connectivity index (χ0) is 24.8. The van der Waals surface area contributed by atoms with Gasteiger partial charge in [0.2, 0.25) is 0 Å². The average molecular weight is 523 g/mol. The second-order valence-corrected chi connectivity index (χ2v) is 25.2. The monoisotopic (exact) mass is 522 g/mol. The summed E-state index contributed by atoms with van der Waals surface area (Å²) < 4.78 is 13.8. The minimum absolute atomic E-state index is 0.123. The normalized spacial score (nSPS) is 20.2. The van der Waals surface area contributed by atoms with Gasteiger partial charge in [0.1, 0.15) is 0 Å². The van der Waals surface area contributed by atoms with Crippen molar-refractivity contribution in [2.45, 2.75) is 134 Å². The molecule has 32 heavy (non-hydrogen) atoms. The quantitative estimate of drug-likeness (QED) is 0.207. The van der Waals surface area contributed by atoms with Gasteiger partial charge in [0.15, 0.2) is 16.6 Å². The molecule has 1 N–H and O–H groups in total. The summed E-state index contributed by atoms with van der Waals surface area (Å²) >= 11 is 4.05. The first-order valence-electron chi connectivity index (χ1n) is 12.7. The molecule has 3 atom stereocenters. The van der Waals surface area contributed by atoms with E-state index in [4.69, 9.17) is 8.85 Å². The maximum atomic E-state index is 11.1. The molecular weight excluding hydrogens is 469 g/mol. The lowest BCUT2D eigenvalue weighted by Crippen LogP contribution is -2.47. The molecule has 1 aliphatic heterocycles. The fraction of sp³-hybridized carbons (Fsp3) is 1.00. The summed E-state index contributed by atoms with van der Waals surface area (Å²) in [5.74, 6) is 2.63. The molecule has 7 heteroatoms. The average Bonchev–Trinajstić information content (AvgIpc) is 2.65. The van der Waals surface area contributed by atoms with Crippen molar-refractivity contribution in [1.82, 2.24) is 0 Å². The van der Waals surface area contributed by atoms with Crippen LogP contribution in [0.3, 0.4) is 0 Å². The van der Waals surface area contributed by atoms with Crippen LogP contribution in [0.1, 0.15) is 80.6 Å². The van der Waals surface area contributed by atoms with Gasteiger partial charge in [0.25, 0.3) is 0 Å². The zero-order valence-corrected chi connectivity index (χ0v) is 26.7. The van der Waals surface area contributed by atoms with Gasteiger partial charge in [-0.15, -0.1) is 23.5 Å². The van der Waals surface area contributed by atoms with Crippen LogP contribution in [0.25, 0.3) is 0 Å². The molecule has 0 aromatic rings. The topological polar surface area (TPSA) is 38.7 Å². The summed E-state index contributed by atoms with van der Waals surface area (Å²) in [7, 11) is -3.58. The van der Waals surface area contributed by atoms with E-state index in [9.17, 15) is 5.11 Å². The van der Waals surface area contributed by atoms with E-state index in [1.807, 2.05) is 23.5 Å². The number of hydrogen-bond acceptors (Lipinski definition) is 5. The van der Waals surface area contributed by atoms with E-state index in [-0.39, 0.29) is 28.2 Å². The van der Waals surface area contributed by atoms with Crippen LogP contribution in [-0.4, -0.2) is 56.6 Å². The molecule has 0 radical (unpaired) electrons. The molecule has 192 valence electrons. The number of aliphatic hydroxyl groups excluding tert-OH is 1. The van der Waals surface area contributed by atoms with Gasteiger partial charge < -0.3 is 14.0 Å². The minimum Gasteiger partial charge on any atom is -0.417 e. The summed E-state index contributed by atoms with van der Waals surface area (Å²) in [6.45, 7) is 26.2. The third-order valence-corrected chi connectivity index (χ3v) is 20.0. The maximum Gasteiger partial charge on any atom is 0.192 e. The van der Waals surface area contributed by atoms with Crippen LogP contribution >= 0.6 is 23.5 Å². The second-order valence-electron chi connectivity index (χ2n) is 12.7. The first-order chi connectivity index (χ1) is 14.5. The highest BCUT2D eigenvalue weighted by Crippen LogP contribution is 2.41. The Morgan fingerprint density at radius 3 is 1.94 bits per heavy atom. The van der Waals surface area contributed by atoms with Gasteiger partial charge in [-0.25, -0.2) is 0 Å². The predicted octanol–water partition coefficient (Wildman–Crippen LogP) is 8.15. The molecule has 1 heterocycles. The molecule has 1 saturated heterocycles. The van der Waals surface area contributed by atoms with Crippen LogP contribution in [0.5, 0.6) is 0 Å². The third kappa shape index (κ3) is 9.94. The Hall–Kier alpha value is 1.01. The Kier molecular flexibility index (Phi) is 12.4. The molecule has 0 amide bonds. The number of rotatable bonds is 12. The van der Waals surface area contributed by atoms with Crippen LogP contribution in [0.15, 0.2) is 0 Å². The van der Waals surface area contributed by atoms with Crippen molar-refractivity contribution < 1.29 is 14.0 Å². The zero-order valence-electron chi connectivity index (χ0n) is 23.0. The van der Waals surface area contributed by atoms with Crippen molar-refractivity contribution >= 4 is 40.2 Å². The van der Waals surface area contributed by atoms with Gasteiger partial charge in [-0.1, -0.05) is 48.5 Å². The first-order valence-corrected chi connectivity index (χ1v) is 20.6. The van der Waals surface area contributed by atoms with E-state index < -0.39 is 16.6 Å². The van der Waals surface area contributed by atoms with E-state index in [1.165, 1.54) is 17.9 Å². The summed E-state index contributed by atoms with van der Waals surface area (Å²) in [6.07, 6.45) is 5.18. The highest BCUT2D eigenvalue weighted by Gasteiger charge is 2.41. The van der Waals surface area contributed by atoms with Gasteiger partial charge in [0, 0.05) is 12.5 Å². The van der Waals surface area contributed by atoms with Gasteiger partial charge in [-0.05, 0) is 79.9 Å². The molecule has 3 nitrogen and oxygen atoms in total. The highest BCUT2D eigenvalue weighted by atomic mass is 32.2. The molecule has 0 spiro atoms. The van der Waals surface area contributed by atoms with E-state index in [0.717, 1.165) is 32.3 Å². The summed E-state index contributed by atoms with van der Waals surface area (Å²) in [5, 5.41) is 11.6. The Bertz CT molecular complexity index is 538. The number of thioether (sulfide) groups is 2. The van der Waals surface area contributed by atoms with Gasteiger partial charge in [-0.2, -0.15) is 0 Å². The molecule has 1 rings (SSSR count). The predicted molar refractivity (Wildman–Crippen MR) is 152 cm³/mol. The van der Waals surface area contributed by atoms with E-state index in [2.05, 4.69) is 74.7 Å². The van der Waals surface area contributed by atoms with Crippen molar-refractivity contribution in [2.75, 3.05) is 18.1 Å². The molecule has 0 aliphatic carbocycles. The lowest BCUT2D eigenvalue weighted by Gasteiger charge is -2.42. The molecule has 1 aliphatic rings. The molecule has 0 bridgehead atoms. The SMILES string of the molecule is C[C@H](C(O)CC1SCCCS1)[C@@H](CCCCO[Si](C)(C)C(C)(C)C)O[Si](C)(C)C(C)(C)C. The van der Waals surface area contributed by atoms with Crippen molar-refractivity contribution in [1.29, 1.82) is 0 Å². The molecule has 0 aromatic carbocycles. The van der Waals surface area contributed by atoms with E-state index in [1.54, 1.807) is 0 Å². The fourth-order valence-corrected chi connectivity index (χ4v) is 8.80. The minimum atomic E-state index is -1.90. The Morgan fingerprint density at radius 2 is 1.44 bits per heavy atom. The lowest BCUT2D eigenvalue weighted by atomic mass is 9.93. The smallest absolute Gasteiger partial charge is 0.192 e. The van der Waals surface area contributed by atoms with E-state index in [0.29, 0.717) is 4.58 Å². The largest absolute Gasteiger partial charge is 0.417 e. The van der Waals surface area contributed by atoms with Crippen molar-refractivity contribution in [3.63, 3.8) is 0 Å². The fourth-order valence-electron chi connectivity index (χ4n) is 3.31. The highest BCUT2D eigenvalue weighted by molar-refractivity contribution is 8.17. The van der Waals surface area contributed by atoms with Gasteiger partial charge >= 0.3 is 0 Å². The van der Waals surface area contributed by atoms with E-state index >= 15 is 0 Å². The molecular formula is C25H54O3S2Si2. The number of aliphatic hydroxyl groups is 1. The Morgan fingerprint density at radius 1 is 0.906 bits per heavy atom. The summed E-state index contributed by atoms with van der Waals surface area (Å²) in [6, 6.07) is 0. The Balaban J connectivity index is 2.71. The van der Waals surface area contributed by atoms with Crippen LogP contribution in [0.2, 0.25) is 36.3 Å². The van der Waals surface area contributed by atoms with Crippen LogP contribution in [0.4, 0.5) is 0 Å². The van der Waals surface area contributed by atoms with Crippen LogP contribution in [-0.2, 0) is 8.85 Å². The van der Waals surface area contributed by atoms with Crippen molar-refractivity contribution in [3.05, 3.63) is 0 Å². The van der Waals surface area contributed by atoms with Crippen molar-refractivity contribution in [2.24, 2.45) is 5.92 Å². The number of hydrogen-bond donors (Lipinski definition) is 1. The molecule has 0 aromatic heterocycles. The standard InChI is InChI=1S/C25H54O3S2Si2/c1-20(21(26)19-23-29-17-14-18-30-23)22(28-32(10,11)25(5,6)7)15-12-13-16-27-31(8,9)24(2,3)4/h20-23,26H,12-19H2,1-11H3/t20-,21?,22-/m1/s1. The Labute approximate surface area is 211 Å². The first kappa shape index (κ1) is 31.0. The van der Waals surface area contributed by atoms with Crippen molar-refractivity contribution in [3.8, 4) is 0 Å². The molecule has 1 fully saturated rings. The van der Waals surface area contributed by atoms with Crippen LogP contribution < -0.4 is 0 Å². The second kappa shape index (κ2) is 12.8. The summed E-state index contributed by atoms with van der Waals surface area (Å²) in [5.41, 5.74) is 0. The van der Waals surface area contributed by atoms with Gasteiger partial charge in [0.05, 0.1) is 16.8 Å². The maximum absolute atomic E-state index is 11.1. The number of unbranched alkanes of at least 4 members (excludes halogenated alkanes) is 1. The summed E-state index contributed by atoms with van der Waals surface area (Å²) in [4.78, 5) is 0. The van der Waals surface area contributed by atoms with Crippen LogP contribution in [0, 0.1) is 5.92 Å². The lowest BCUT2D eigenvalue weighted by molar-refractivity contribution is 0.0207. The molecule has 1 unspecified atom stereocenters. The third-order valence-electron chi connectivity index (χ3n) is 7.93.